The number of nitrogens with zero attached hydrogens (tertiary/aromatic N) is 1. The quantitative estimate of drug-likeness (QED) is 0.767. The molecule has 0 bridgehead atoms. The Kier molecular flexibility index (Phi) is 7.53. The van der Waals surface area contributed by atoms with Crippen LogP contribution in [-0.2, 0) is 4.79 Å². The average molecular weight is 334 g/mol. The number of rotatable bonds is 8. The fourth-order valence-corrected chi connectivity index (χ4v) is 3.35. The summed E-state index contributed by atoms with van der Waals surface area (Å²) in [4.78, 5) is 14.6. The van der Waals surface area contributed by atoms with Gasteiger partial charge in [-0.15, -0.1) is 0 Å². The minimum Gasteiger partial charge on any atom is -0.494 e. The number of aliphatic hydroxyl groups excluding tert-OH is 1. The number of piperidine rings is 1. The third kappa shape index (κ3) is 4.95. The van der Waals surface area contributed by atoms with Crippen molar-refractivity contribution in [2.45, 2.75) is 51.6 Å². The monoisotopic (exact) mass is 334 g/mol. The topological polar surface area (TPSA) is 61.8 Å². The fraction of sp³-hybridized carbons (Fsp3) is 0.632. The van der Waals surface area contributed by atoms with Crippen LogP contribution in [-0.4, -0.2) is 48.3 Å². The van der Waals surface area contributed by atoms with E-state index in [9.17, 15) is 9.90 Å². The molecule has 134 valence electrons. The van der Waals surface area contributed by atoms with Gasteiger partial charge in [-0.1, -0.05) is 31.5 Å². The maximum absolute atomic E-state index is 12.5. The minimum atomic E-state index is -0.0578. The second-order valence-corrected chi connectivity index (χ2v) is 6.30. The van der Waals surface area contributed by atoms with Crippen molar-refractivity contribution in [2.24, 2.45) is 0 Å². The van der Waals surface area contributed by atoms with E-state index < -0.39 is 0 Å². The number of nitrogens with one attached hydrogen (secondary N) is 1. The fourth-order valence-electron chi connectivity index (χ4n) is 3.35. The molecule has 1 saturated heterocycles. The molecule has 0 radical (unpaired) electrons. The van der Waals surface area contributed by atoms with Gasteiger partial charge in [0.1, 0.15) is 5.75 Å². The molecule has 0 aromatic heterocycles. The van der Waals surface area contributed by atoms with E-state index in [1.54, 1.807) is 0 Å². The van der Waals surface area contributed by atoms with E-state index in [0.717, 1.165) is 43.5 Å². The van der Waals surface area contributed by atoms with Crippen molar-refractivity contribution in [3.63, 3.8) is 0 Å². The largest absolute Gasteiger partial charge is 0.494 e. The first-order chi connectivity index (χ1) is 11.7. The predicted octanol–water partition coefficient (Wildman–Crippen LogP) is 2.50. The van der Waals surface area contributed by atoms with Crippen molar-refractivity contribution >= 4 is 5.91 Å². The van der Waals surface area contributed by atoms with Gasteiger partial charge in [0.25, 0.3) is 0 Å². The van der Waals surface area contributed by atoms with Crippen LogP contribution in [0.3, 0.4) is 0 Å². The van der Waals surface area contributed by atoms with Crippen LogP contribution in [0, 0.1) is 0 Å². The number of ether oxygens (including phenoxy) is 1. The molecule has 0 spiro atoms. The second-order valence-electron chi connectivity index (χ2n) is 6.30. The Hall–Kier alpha value is -1.59. The molecule has 0 saturated carbocycles. The van der Waals surface area contributed by atoms with Gasteiger partial charge in [-0.2, -0.15) is 0 Å². The van der Waals surface area contributed by atoms with Crippen molar-refractivity contribution in [3.05, 3.63) is 29.8 Å². The van der Waals surface area contributed by atoms with Crippen LogP contribution < -0.4 is 10.1 Å². The van der Waals surface area contributed by atoms with Gasteiger partial charge in [0, 0.05) is 11.6 Å². The van der Waals surface area contributed by atoms with Gasteiger partial charge in [0.2, 0.25) is 5.91 Å². The molecule has 1 aromatic rings. The van der Waals surface area contributed by atoms with E-state index in [1.165, 1.54) is 0 Å². The first-order valence-electron chi connectivity index (χ1n) is 9.05. The highest BCUT2D eigenvalue weighted by Crippen LogP contribution is 2.27. The van der Waals surface area contributed by atoms with Crippen LogP contribution in [0.1, 0.15) is 51.1 Å². The number of hydrogen-bond acceptors (Lipinski definition) is 4. The summed E-state index contributed by atoms with van der Waals surface area (Å²) in [7, 11) is 0. The normalized spacial score (nSPS) is 19.7. The molecule has 1 unspecified atom stereocenters. The first-order valence-corrected chi connectivity index (χ1v) is 9.05. The van der Waals surface area contributed by atoms with Gasteiger partial charge in [0.05, 0.1) is 25.8 Å². The Balaban J connectivity index is 2.00. The van der Waals surface area contributed by atoms with E-state index in [1.807, 2.05) is 31.2 Å². The highest BCUT2D eigenvalue weighted by Gasteiger charge is 2.25. The van der Waals surface area contributed by atoms with Gasteiger partial charge in [0.15, 0.2) is 0 Å². The number of benzene rings is 1. The number of carbonyl (C=O) groups is 1. The summed E-state index contributed by atoms with van der Waals surface area (Å²) in [6.07, 6.45) is 3.99. The van der Waals surface area contributed by atoms with Crippen LogP contribution in [0.4, 0.5) is 0 Å². The molecule has 24 heavy (non-hydrogen) atoms. The molecule has 1 aromatic carbocycles. The van der Waals surface area contributed by atoms with Crippen LogP contribution in [0.15, 0.2) is 24.3 Å². The summed E-state index contributed by atoms with van der Waals surface area (Å²) >= 11 is 0. The molecule has 1 heterocycles. The molecule has 5 nitrogen and oxygen atoms in total. The summed E-state index contributed by atoms with van der Waals surface area (Å²) in [5.41, 5.74) is 1.02. The third-order valence-electron chi connectivity index (χ3n) is 4.64. The van der Waals surface area contributed by atoms with Crippen LogP contribution in [0.5, 0.6) is 5.75 Å². The molecule has 1 fully saturated rings. The van der Waals surface area contributed by atoms with E-state index >= 15 is 0 Å². The number of carbonyl (C=O) groups excluding carboxylic acids is 1. The Labute approximate surface area is 145 Å². The first kappa shape index (κ1) is 18.7. The number of aliphatic hydroxyl groups is 1. The summed E-state index contributed by atoms with van der Waals surface area (Å²) in [6, 6.07) is 7.93. The predicted molar refractivity (Wildman–Crippen MR) is 95.1 cm³/mol. The zero-order chi connectivity index (χ0) is 17.4. The smallest absolute Gasteiger partial charge is 0.234 e. The molecule has 2 N–H and O–H groups in total. The summed E-state index contributed by atoms with van der Waals surface area (Å²) in [6.45, 7) is 5.97. The molecular formula is C19H30N2O3. The third-order valence-corrected chi connectivity index (χ3v) is 4.64. The average Bonchev–Trinajstić information content (AvgIpc) is 2.61. The van der Waals surface area contributed by atoms with Crippen LogP contribution in [0.2, 0.25) is 0 Å². The van der Waals surface area contributed by atoms with Crippen molar-refractivity contribution in [1.29, 1.82) is 0 Å². The standard InChI is InChI=1S/C19H30N2O3/c1-3-17(16-10-5-6-11-18(16)24-4-2)20-19(23)13-21-12-8-7-9-15(21)14-22/h5-6,10-11,15,17,22H,3-4,7-9,12-14H2,1-2H3,(H,20,23)/t15-,17?/m1/s1. The molecule has 5 heteroatoms. The van der Waals surface area contributed by atoms with Crippen molar-refractivity contribution in [3.8, 4) is 5.75 Å². The zero-order valence-corrected chi connectivity index (χ0v) is 14.8. The lowest BCUT2D eigenvalue weighted by molar-refractivity contribution is -0.124. The number of amides is 1. The zero-order valence-electron chi connectivity index (χ0n) is 14.8. The van der Waals surface area contributed by atoms with E-state index in [4.69, 9.17) is 4.74 Å². The number of para-hydroxylation sites is 1. The Morgan fingerprint density at radius 2 is 2.17 bits per heavy atom. The van der Waals surface area contributed by atoms with Gasteiger partial charge in [-0.05, 0) is 38.8 Å². The van der Waals surface area contributed by atoms with Gasteiger partial charge in [-0.25, -0.2) is 0 Å². The lowest BCUT2D eigenvalue weighted by Crippen LogP contribution is -2.47. The number of hydrogen-bond donors (Lipinski definition) is 2. The molecule has 1 aliphatic rings. The SMILES string of the molecule is CCOc1ccccc1C(CC)NC(=O)CN1CCCC[C@@H]1CO. The molecule has 1 amide bonds. The lowest BCUT2D eigenvalue weighted by Gasteiger charge is -2.34. The minimum absolute atomic E-state index is 0.00787. The van der Waals surface area contributed by atoms with Crippen LogP contribution >= 0.6 is 0 Å². The maximum atomic E-state index is 12.5. The van der Waals surface area contributed by atoms with E-state index in [-0.39, 0.29) is 24.6 Å². The highest BCUT2D eigenvalue weighted by molar-refractivity contribution is 5.78. The molecule has 1 aliphatic heterocycles. The number of likely N-dealkylation sites (tertiary alicyclic amines) is 1. The molecular weight excluding hydrogens is 304 g/mol. The van der Waals surface area contributed by atoms with E-state index in [2.05, 4.69) is 17.1 Å². The Bertz CT molecular complexity index is 521. The summed E-state index contributed by atoms with van der Waals surface area (Å²) in [5.74, 6) is 0.840. The molecule has 2 atom stereocenters. The Morgan fingerprint density at radius 3 is 2.88 bits per heavy atom. The molecule has 0 aliphatic carbocycles. The van der Waals surface area contributed by atoms with Crippen molar-refractivity contribution in [2.75, 3.05) is 26.3 Å². The lowest BCUT2D eigenvalue weighted by atomic mass is 10.0. The van der Waals surface area contributed by atoms with Gasteiger partial charge < -0.3 is 15.2 Å². The van der Waals surface area contributed by atoms with Gasteiger partial charge >= 0.3 is 0 Å². The Morgan fingerprint density at radius 1 is 1.38 bits per heavy atom. The van der Waals surface area contributed by atoms with Crippen LogP contribution in [0.25, 0.3) is 0 Å². The van der Waals surface area contributed by atoms with Crippen molar-refractivity contribution < 1.29 is 14.6 Å². The maximum Gasteiger partial charge on any atom is 0.234 e. The highest BCUT2D eigenvalue weighted by atomic mass is 16.5. The summed E-state index contributed by atoms with van der Waals surface area (Å²) < 4.78 is 5.69. The van der Waals surface area contributed by atoms with Crippen molar-refractivity contribution in [1.82, 2.24) is 10.2 Å². The second kappa shape index (κ2) is 9.64. The van der Waals surface area contributed by atoms with Gasteiger partial charge in [-0.3, -0.25) is 9.69 Å². The van der Waals surface area contributed by atoms with E-state index in [0.29, 0.717) is 13.2 Å². The summed E-state index contributed by atoms with van der Waals surface area (Å²) in [5, 5.41) is 12.6. The molecule has 2 rings (SSSR count).